The van der Waals surface area contributed by atoms with Crippen molar-refractivity contribution in [3.63, 3.8) is 0 Å². The number of pyridine rings is 1. The second-order valence-corrected chi connectivity index (χ2v) is 4.91. The van der Waals surface area contributed by atoms with Crippen molar-refractivity contribution in [1.82, 2.24) is 4.98 Å². The van der Waals surface area contributed by atoms with E-state index in [9.17, 15) is 4.79 Å². The molecule has 1 unspecified atom stereocenters. The molecule has 4 heteroatoms. The van der Waals surface area contributed by atoms with Crippen molar-refractivity contribution >= 4 is 11.6 Å². The molecule has 0 spiro atoms. The van der Waals surface area contributed by atoms with Gasteiger partial charge in [0.05, 0.1) is 11.9 Å². The number of carbonyl (C=O) groups is 1. The zero-order valence-corrected chi connectivity index (χ0v) is 11.2. The molecule has 0 aliphatic heterocycles. The summed E-state index contributed by atoms with van der Waals surface area (Å²) in [6.07, 6.45) is 5.75. The number of hydrogen-bond donors (Lipinski definition) is 2. The van der Waals surface area contributed by atoms with E-state index in [2.05, 4.69) is 24.1 Å². The molecule has 0 bridgehead atoms. The van der Waals surface area contributed by atoms with Crippen molar-refractivity contribution in [2.75, 3.05) is 11.9 Å². The normalized spacial score (nSPS) is 12.4. The summed E-state index contributed by atoms with van der Waals surface area (Å²) in [5, 5.41) is 2.85. The van der Waals surface area contributed by atoms with Crippen LogP contribution in [0.4, 0.5) is 5.69 Å². The van der Waals surface area contributed by atoms with Crippen LogP contribution in [-0.2, 0) is 4.79 Å². The molecular formula is C14H23N3O. The SMILES string of the molecule is CC(C)C(CCN)CCC(=O)Nc1cccnc1. The second kappa shape index (κ2) is 7.82. The highest BCUT2D eigenvalue weighted by molar-refractivity contribution is 5.90. The third-order valence-electron chi connectivity index (χ3n) is 3.17. The van der Waals surface area contributed by atoms with Gasteiger partial charge < -0.3 is 11.1 Å². The fourth-order valence-corrected chi connectivity index (χ4v) is 2.00. The summed E-state index contributed by atoms with van der Waals surface area (Å²) < 4.78 is 0. The first-order valence-electron chi connectivity index (χ1n) is 6.53. The van der Waals surface area contributed by atoms with Crippen molar-refractivity contribution < 1.29 is 4.79 Å². The van der Waals surface area contributed by atoms with Crippen molar-refractivity contribution in [3.05, 3.63) is 24.5 Å². The summed E-state index contributed by atoms with van der Waals surface area (Å²) in [6.45, 7) is 5.05. The Morgan fingerprint density at radius 1 is 1.44 bits per heavy atom. The molecule has 0 saturated carbocycles. The molecule has 1 amide bonds. The Hall–Kier alpha value is -1.42. The number of amides is 1. The third kappa shape index (κ3) is 5.27. The first kappa shape index (κ1) is 14.6. The van der Waals surface area contributed by atoms with Gasteiger partial charge in [-0.1, -0.05) is 13.8 Å². The van der Waals surface area contributed by atoms with Gasteiger partial charge in [0, 0.05) is 12.6 Å². The Kier molecular flexibility index (Phi) is 6.36. The molecule has 0 saturated heterocycles. The van der Waals surface area contributed by atoms with Crippen LogP contribution in [0.2, 0.25) is 0 Å². The lowest BCUT2D eigenvalue weighted by molar-refractivity contribution is -0.116. The second-order valence-electron chi connectivity index (χ2n) is 4.91. The van der Waals surface area contributed by atoms with E-state index in [1.54, 1.807) is 18.5 Å². The predicted molar refractivity (Wildman–Crippen MR) is 74.1 cm³/mol. The Bertz CT molecular complexity index is 351. The van der Waals surface area contributed by atoms with Crippen molar-refractivity contribution in [3.8, 4) is 0 Å². The zero-order chi connectivity index (χ0) is 13.4. The molecule has 4 nitrogen and oxygen atoms in total. The van der Waals surface area contributed by atoms with Crippen LogP contribution in [-0.4, -0.2) is 17.4 Å². The molecule has 1 aromatic heterocycles. The highest BCUT2D eigenvalue weighted by Gasteiger charge is 2.14. The minimum Gasteiger partial charge on any atom is -0.330 e. The monoisotopic (exact) mass is 249 g/mol. The molecule has 1 atom stereocenters. The van der Waals surface area contributed by atoms with Gasteiger partial charge in [0.2, 0.25) is 5.91 Å². The minimum absolute atomic E-state index is 0.0469. The summed E-state index contributed by atoms with van der Waals surface area (Å²) in [5.74, 6) is 1.14. The van der Waals surface area contributed by atoms with Crippen LogP contribution in [0.25, 0.3) is 0 Å². The third-order valence-corrected chi connectivity index (χ3v) is 3.17. The number of nitrogens with two attached hydrogens (primary N) is 1. The summed E-state index contributed by atoms with van der Waals surface area (Å²) in [6, 6.07) is 3.64. The number of nitrogens with one attached hydrogen (secondary N) is 1. The highest BCUT2D eigenvalue weighted by atomic mass is 16.1. The largest absolute Gasteiger partial charge is 0.330 e. The van der Waals surface area contributed by atoms with E-state index >= 15 is 0 Å². The number of anilines is 1. The van der Waals surface area contributed by atoms with Crippen LogP contribution in [0.3, 0.4) is 0 Å². The summed E-state index contributed by atoms with van der Waals surface area (Å²) in [5.41, 5.74) is 6.34. The van der Waals surface area contributed by atoms with Crippen LogP contribution in [0.15, 0.2) is 24.5 Å². The van der Waals surface area contributed by atoms with Crippen molar-refractivity contribution in [2.45, 2.75) is 33.1 Å². The van der Waals surface area contributed by atoms with Crippen molar-refractivity contribution in [1.29, 1.82) is 0 Å². The molecule has 100 valence electrons. The number of hydrogen-bond acceptors (Lipinski definition) is 3. The summed E-state index contributed by atoms with van der Waals surface area (Å²) in [4.78, 5) is 15.7. The van der Waals surface area contributed by atoms with Gasteiger partial charge in [-0.25, -0.2) is 0 Å². The fraction of sp³-hybridized carbons (Fsp3) is 0.571. The van der Waals surface area contributed by atoms with Gasteiger partial charge in [0.25, 0.3) is 0 Å². The Labute approximate surface area is 109 Å². The molecule has 0 aliphatic carbocycles. The van der Waals surface area contributed by atoms with Crippen LogP contribution >= 0.6 is 0 Å². The van der Waals surface area contributed by atoms with E-state index < -0.39 is 0 Å². The van der Waals surface area contributed by atoms with E-state index in [-0.39, 0.29) is 5.91 Å². The predicted octanol–water partition coefficient (Wildman–Crippen LogP) is 2.42. The quantitative estimate of drug-likeness (QED) is 0.779. The van der Waals surface area contributed by atoms with Gasteiger partial charge in [0.1, 0.15) is 0 Å². The van der Waals surface area contributed by atoms with Gasteiger partial charge in [-0.3, -0.25) is 9.78 Å². The molecule has 0 aromatic carbocycles. The molecule has 3 N–H and O–H groups in total. The average molecular weight is 249 g/mol. The zero-order valence-electron chi connectivity index (χ0n) is 11.2. The molecule has 18 heavy (non-hydrogen) atoms. The molecule has 0 radical (unpaired) electrons. The smallest absolute Gasteiger partial charge is 0.224 e. The number of aromatic nitrogens is 1. The van der Waals surface area contributed by atoms with E-state index in [1.807, 2.05) is 6.07 Å². The Morgan fingerprint density at radius 2 is 2.22 bits per heavy atom. The summed E-state index contributed by atoms with van der Waals surface area (Å²) >= 11 is 0. The van der Waals surface area contributed by atoms with Crippen molar-refractivity contribution in [2.24, 2.45) is 17.6 Å². The molecule has 1 rings (SSSR count). The van der Waals surface area contributed by atoms with Crippen LogP contribution in [0.1, 0.15) is 33.1 Å². The fourth-order valence-electron chi connectivity index (χ4n) is 2.00. The molecule has 0 aliphatic rings. The minimum atomic E-state index is 0.0469. The molecule has 1 aromatic rings. The van der Waals surface area contributed by atoms with Gasteiger partial charge in [0.15, 0.2) is 0 Å². The maximum atomic E-state index is 11.8. The Morgan fingerprint density at radius 3 is 2.78 bits per heavy atom. The van der Waals surface area contributed by atoms with E-state index in [1.165, 1.54) is 0 Å². The maximum absolute atomic E-state index is 11.8. The number of rotatable bonds is 7. The molecule has 0 fully saturated rings. The van der Waals surface area contributed by atoms with E-state index in [0.717, 1.165) is 18.5 Å². The van der Waals surface area contributed by atoms with Gasteiger partial charge in [-0.05, 0) is 43.4 Å². The first-order chi connectivity index (χ1) is 8.63. The van der Waals surface area contributed by atoms with Gasteiger partial charge in [-0.2, -0.15) is 0 Å². The molecule has 1 heterocycles. The molecular weight excluding hydrogens is 226 g/mol. The average Bonchev–Trinajstić information content (AvgIpc) is 2.35. The number of nitrogens with zero attached hydrogens (tertiary/aromatic N) is 1. The standard InChI is InChI=1S/C14H23N3O/c1-11(2)12(7-8-15)5-6-14(18)17-13-4-3-9-16-10-13/h3-4,9-12H,5-8,15H2,1-2H3,(H,17,18). The number of carbonyl (C=O) groups excluding carboxylic acids is 1. The summed E-state index contributed by atoms with van der Waals surface area (Å²) in [7, 11) is 0. The van der Waals surface area contributed by atoms with Crippen LogP contribution in [0.5, 0.6) is 0 Å². The topological polar surface area (TPSA) is 68.0 Å². The lowest BCUT2D eigenvalue weighted by atomic mass is 9.88. The van der Waals surface area contributed by atoms with E-state index in [4.69, 9.17) is 5.73 Å². The van der Waals surface area contributed by atoms with Gasteiger partial charge in [-0.15, -0.1) is 0 Å². The highest BCUT2D eigenvalue weighted by Crippen LogP contribution is 2.20. The Balaban J connectivity index is 2.36. The van der Waals surface area contributed by atoms with E-state index in [0.29, 0.717) is 24.8 Å². The van der Waals surface area contributed by atoms with Crippen LogP contribution in [0, 0.1) is 11.8 Å². The first-order valence-corrected chi connectivity index (χ1v) is 6.53. The lowest BCUT2D eigenvalue weighted by Gasteiger charge is -2.19. The van der Waals surface area contributed by atoms with Gasteiger partial charge >= 0.3 is 0 Å². The maximum Gasteiger partial charge on any atom is 0.224 e. The van der Waals surface area contributed by atoms with Crippen LogP contribution < -0.4 is 11.1 Å². The lowest BCUT2D eigenvalue weighted by Crippen LogP contribution is -2.18.